The highest BCUT2D eigenvalue weighted by Gasteiger charge is 2.71. The number of nitrogens with one attached hydrogen (secondary N) is 1. The quantitative estimate of drug-likeness (QED) is 0.415. The molecule has 0 aliphatic carbocycles. The second-order valence-corrected chi connectivity index (χ2v) is 2.59. The largest absolute Gasteiger partial charge is 0.480 e. The monoisotopic (exact) mass is 201 g/mol. The maximum absolute atomic E-state index is 11.2. The van der Waals surface area contributed by atoms with Gasteiger partial charge in [0.2, 0.25) is 0 Å². The minimum absolute atomic E-state index is 0.119. The summed E-state index contributed by atoms with van der Waals surface area (Å²) in [6.07, 6.45) is 0. The normalized spacial score (nSPS) is 18.1. The molecule has 7 heteroatoms. The molecule has 0 aromatic heterocycles. The molecule has 1 aliphatic heterocycles. The van der Waals surface area contributed by atoms with Crippen molar-refractivity contribution >= 4 is 23.8 Å². The number of rotatable bonds is 3. The van der Waals surface area contributed by atoms with Crippen molar-refractivity contribution in [2.75, 3.05) is 6.54 Å². The summed E-state index contributed by atoms with van der Waals surface area (Å²) in [5, 5.41) is 10.7. The summed E-state index contributed by atoms with van der Waals surface area (Å²) in [4.78, 5) is 43.5. The van der Waals surface area contributed by atoms with E-state index in [0.717, 1.165) is 0 Å². The Hall–Kier alpha value is -1.92. The van der Waals surface area contributed by atoms with Gasteiger partial charge in [0, 0.05) is 6.54 Å². The van der Waals surface area contributed by atoms with Crippen LogP contribution in [0.1, 0.15) is 6.92 Å². The number of carbonyl (C=O) groups is 4. The maximum Gasteiger partial charge on any atom is 0.352 e. The van der Waals surface area contributed by atoms with E-state index < -0.39 is 29.2 Å². The van der Waals surface area contributed by atoms with Crippen LogP contribution >= 0.6 is 0 Å². The number of carbonyl (C=O) groups excluding carboxylic acids is 3. The van der Waals surface area contributed by atoms with Crippen LogP contribution < -0.4 is 5.32 Å². The van der Waals surface area contributed by atoms with Crippen LogP contribution in [0.3, 0.4) is 0 Å². The fraction of sp³-hybridized carbons (Fsp3) is 0.429. The molecule has 76 valence electrons. The van der Waals surface area contributed by atoms with Crippen LogP contribution in [0.25, 0.3) is 0 Å². The Morgan fingerprint density at radius 2 is 1.93 bits per heavy atom. The SMILES string of the molecule is CCNC(=O)C1(C(=O)O)C(=O)OC1=O. The molecule has 0 bridgehead atoms. The first-order valence-electron chi connectivity index (χ1n) is 3.76. The van der Waals surface area contributed by atoms with Gasteiger partial charge in [-0.05, 0) is 6.92 Å². The van der Waals surface area contributed by atoms with Crippen LogP contribution in [0.5, 0.6) is 0 Å². The minimum atomic E-state index is -2.68. The number of carboxylic acid groups (broad SMARTS) is 1. The highest BCUT2D eigenvalue weighted by atomic mass is 16.6. The van der Waals surface area contributed by atoms with Crippen LogP contribution in [-0.2, 0) is 23.9 Å². The van der Waals surface area contributed by atoms with E-state index in [4.69, 9.17) is 5.11 Å². The zero-order valence-corrected chi connectivity index (χ0v) is 7.20. The lowest BCUT2D eigenvalue weighted by Crippen LogP contribution is -2.66. The molecule has 0 atom stereocenters. The zero-order valence-electron chi connectivity index (χ0n) is 7.20. The van der Waals surface area contributed by atoms with Crippen molar-refractivity contribution in [2.45, 2.75) is 6.92 Å². The summed E-state index contributed by atoms with van der Waals surface area (Å²) in [5.74, 6) is -5.67. The van der Waals surface area contributed by atoms with Crippen molar-refractivity contribution in [3.63, 3.8) is 0 Å². The lowest BCUT2D eigenvalue weighted by molar-refractivity contribution is -0.202. The Bertz CT molecular complexity index is 305. The van der Waals surface area contributed by atoms with Gasteiger partial charge in [0.15, 0.2) is 0 Å². The molecule has 1 amide bonds. The molecule has 0 saturated carbocycles. The van der Waals surface area contributed by atoms with Crippen molar-refractivity contribution < 1.29 is 29.0 Å². The van der Waals surface area contributed by atoms with Crippen LogP contribution in [0, 0.1) is 5.41 Å². The number of hydrogen-bond acceptors (Lipinski definition) is 5. The van der Waals surface area contributed by atoms with Gasteiger partial charge in [-0.25, -0.2) is 14.4 Å². The van der Waals surface area contributed by atoms with E-state index in [9.17, 15) is 19.2 Å². The van der Waals surface area contributed by atoms with Gasteiger partial charge in [-0.15, -0.1) is 0 Å². The minimum Gasteiger partial charge on any atom is -0.480 e. The number of amides is 1. The molecule has 14 heavy (non-hydrogen) atoms. The maximum atomic E-state index is 11.2. The summed E-state index contributed by atoms with van der Waals surface area (Å²) in [6, 6.07) is 0. The Morgan fingerprint density at radius 1 is 1.43 bits per heavy atom. The van der Waals surface area contributed by atoms with Crippen LogP contribution in [0.15, 0.2) is 0 Å². The van der Waals surface area contributed by atoms with Gasteiger partial charge in [0.1, 0.15) is 0 Å². The van der Waals surface area contributed by atoms with Gasteiger partial charge in [-0.1, -0.05) is 0 Å². The fourth-order valence-corrected chi connectivity index (χ4v) is 1.02. The van der Waals surface area contributed by atoms with Crippen LogP contribution in [0.2, 0.25) is 0 Å². The summed E-state index contributed by atoms with van der Waals surface area (Å²) >= 11 is 0. The Balaban J connectivity index is 3.06. The predicted octanol–water partition coefficient (Wildman–Crippen LogP) is -1.72. The number of cyclic esters (lactones) is 2. The van der Waals surface area contributed by atoms with Gasteiger partial charge in [0.05, 0.1) is 0 Å². The molecule has 0 aromatic rings. The number of aliphatic carboxylic acids is 1. The second kappa shape index (κ2) is 3.09. The zero-order chi connectivity index (χ0) is 10.9. The smallest absolute Gasteiger partial charge is 0.352 e. The molecule has 0 radical (unpaired) electrons. The van der Waals surface area contributed by atoms with E-state index in [-0.39, 0.29) is 6.54 Å². The first-order chi connectivity index (χ1) is 6.47. The average molecular weight is 201 g/mol. The van der Waals surface area contributed by atoms with Gasteiger partial charge in [0.25, 0.3) is 5.91 Å². The third kappa shape index (κ3) is 0.983. The van der Waals surface area contributed by atoms with Gasteiger partial charge < -0.3 is 15.2 Å². The van der Waals surface area contributed by atoms with Crippen molar-refractivity contribution in [3.05, 3.63) is 0 Å². The van der Waals surface area contributed by atoms with Crippen molar-refractivity contribution in [1.82, 2.24) is 5.32 Å². The molecule has 1 saturated heterocycles. The molecule has 0 unspecified atom stereocenters. The molecular formula is C7H7NO6. The van der Waals surface area contributed by atoms with Crippen LogP contribution in [0.4, 0.5) is 0 Å². The second-order valence-electron chi connectivity index (χ2n) is 2.59. The van der Waals surface area contributed by atoms with E-state index in [1.54, 1.807) is 0 Å². The third-order valence-corrected chi connectivity index (χ3v) is 1.80. The molecule has 2 N–H and O–H groups in total. The Morgan fingerprint density at radius 3 is 2.21 bits per heavy atom. The molecular weight excluding hydrogens is 194 g/mol. The summed E-state index contributed by atoms with van der Waals surface area (Å²) < 4.78 is 3.86. The van der Waals surface area contributed by atoms with Gasteiger partial charge in [-0.2, -0.15) is 0 Å². The first-order valence-corrected chi connectivity index (χ1v) is 3.76. The lowest BCUT2D eigenvalue weighted by Gasteiger charge is -2.30. The summed E-state index contributed by atoms with van der Waals surface area (Å²) in [7, 11) is 0. The topological polar surface area (TPSA) is 110 Å². The predicted molar refractivity (Wildman–Crippen MR) is 39.9 cm³/mol. The highest BCUT2D eigenvalue weighted by Crippen LogP contribution is 2.31. The van der Waals surface area contributed by atoms with E-state index in [0.29, 0.717) is 0 Å². The number of hydrogen-bond donors (Lipinski definition) is 2. The molecule has 1 fully saturated rings. The van der Waals surface area contributed by atoms with Crippen molar-refractivity contribution in [1.29, 1.82) is 0 Å². The Labute approximate surface area is 78.0 Å². The van der Waals surface area contributed by atoms with Crippen molar-refractivity contribution in [3.8, 4) is 0 Å². The highest BCUT2D eigenvalue weighted by molar-refractivity contribution is 6.40. The van der Waals surface area contributed by atoms with Crippen LogP contribution in [-0.4, -0.2) is 35.5 Å². The Kier molecular flexibility index (Phi) is 2.24. The van der Waals surface area contributed by atoms with Gasteiger partial charge >= 0.3 is 23.3 Å². The number of esters is 2. The van der Waals surface area contributed by atoms with Crippen molar-refractivity contribution in [2.24, 2.45) is 5.41 Å². The van der Waals surface area contributed by atoms with E-state index in [2.05, 4.69) is 10.1 Å². The number of carboxylic acids is 1. The molecule has 1 aliphatic rings. The molecule has 0 spiro atoms. The third-order valence-electron chi connectivity index (χ3n) is 1.80. The number of ether oxygens (including phenoxy) is 1. The fourth-order valence-electron chi connectivity index (χ4n) is 1.02. The first kappa shape index (κ1) is 10.2. The average Bonchev–Trinajstić information content (AvgIpc) is 2.03. The van der Waals surface area contributed by atoms with E-state index in [1.165, 1.54) is 6.92 Å². The summed E-state index contributed by atoms with van der Waals surface area (Å²) in [6.45, 7) is 1.65. The van der Waals surface area contributed by atoms with E-state index in [1.807, 2.05) is 0 Å². The summed E-state index contributed by atoms with van der Waals surface area (Å²) in [5.41, 5.74) is -2.68. The standard InChI is InChI=1S/C7H7NO6/c1-2-8-3(9)7(4(10)11)5(12)14-6(7)13/h2H2,1H3,(H,8,9)(H,10,11). The molecule has 0 aromatic carbocycles. The lowest BCUT2D eigenvalue weighted by atomic mass is 9.83. The molecule has 7 nitrogen and oxygen atoms in total. The van der Waals surface area contributed by atoms with Gasteiger partial charge in [-0.3, -0.25) is 4.79 Å². The molecule has 1 rings (SSSR count). The molecule has 1 heterocycles. The van der Waals surface area contributed by atoms with E-state index >= 15 is 0 Å².